The largest absolute Gasteiger partial charge is 0.477 e. The Morgan fingerprint density at radius 1 is 1.29 bits per heavy atom. The zero-order valence-electron chi connectivity index (χ0n) is 11.6. The molecule has 1 atom stereocenters. The summed E-state index contributed by atoms with van der Waals surface area (Å²) >= 11 is 1.59. The number of carbonyl (C=O) groups is 2. The molecule has 1 amide bonds. The number of rotatable bonds is 6. The molecule has 2 aromatic rings. The first-order chi connectivity index (χ1) is 10.1. The highest BCUT2D eigenvalue weighted by atomic mass is 32.1. The highest BCUT2D eigenvalue weighted by Crippen LogP contribution is 2.23. The van der Waals surface area contributed by atoms with Crippen LogP contribution in [-0.2, 0) is 0 Å². The first kappa shape index (κ1) is 15.2. The van der Waals surface area contributed by atoms with Gasteiger partial charge in [-0.25, -0.2) is 9.78 Å². The first-order valence-corrected chi connectivity index (χ1v) is 7.54. The smallest absolute Gasteiger partial charge is 0.354 e. The van der Waals surface area contributed by atoms with Crippen molar-refractivity contribution in [3.63, 3.8) is 0 Å². The SMILES string of the molecule is CCCC(NC(=O)c1cccc(C(=O)O)n1)c1cccs1. The molecule has 1 unspecified atom stereocenters. The Morgan fingerprint density at radius 2 is 2.05 bits per heavy atom. The molecule has 0 aliphatic carbocycles. The Bertz CT molecular complexity index is 626. The van der Waals surface area contributed by atoms with Crippen LogP contribution in [0.4, 0.5) is 0 Å². The van der Waals surface area contributed by atoms with Gasteiger partial charge in [-0.1, -0.05) is 25.5 Å². The fourth-order valence-electron chi connectivity index (χ4n) is 1.98. The van der Waals surface area contributed by atoms with Gasteiger partial charge in [-0.2, -0.15) is 0 Å². The molecule has 0 aliphatic heterocycles. The van der Waals surface area contributed by atoms with Gasteiger partial charge in [-0.05, 0) is 30.0 Å². The van der Waals surface area contributed by atoms with Crippen LogP contribution in [0.15, 0.2) is 35.7 Å². The van der Waals surface area contributed by atoms with E-state index in [0.717, 1.165) is 17.7 Å². The van der Waals surface area contributed by atoms with Gasteiger partial charge in [-0.3, -0.25) is 4.79 Å². The number of nitrogens with zero attached hydrogens (tertiary/aromatic N) is 1. The fourth-order valence-corrected chi connectivity index (χ4v) is 2.79. The Hall–Kier alpha value is -2.21. The monoisotopic (exact) mass is 304 g/mol. The summed E-state index contributed by atoms with van der Waals surface area (Å²) in [6.45, 7) is 2.05. The van der Waals surface area contributed by atoms with Crippen LogP contribution in [0.2, 0.25) is 0 Å². The Kier molecular flexibility index (Phi) is 5.05. The molecule has 5 nitrogen and oxygen atoms in total. The average molecular weight is 304 g/mol. The minimum Gasteiger partial charge on any atom is -0.477 e. The van der Waals surface area contributed by atoms with Crippen molar-refractivity contribution in [2.75, 3.05) is 0 Å². The molecule has 2 heterocycles. The van der Waals surface area contributed by atoms with Crippen molar-refractivity contribution in [3.8, 4) is 0 Å². The lowest BCUT2D eigenvalue weighted by Crippen LogP contribution is -2.29. The van der Waals surface area contributed by atoms with Crippen molar-refractivity contribution >= 4 is 23.2 Å². The Labute approximate surface area is 126 Å². The van der Waals surface area contributed by atoms with Crippen LogP contribution in [0.1, 0.15) is 51.7 Å². The van der Waals surface area contributed by atoms with E-state index in [4.69, 9.17) is 5.11 Å². The summed E-state index contributed by atoms with van der Waals surface area (Å²) in [4.78, 5) is 28.1. The number of aromatic nitrogens is 1. The summed E-state index contributed by atoms with van der Waals surface area (Å²) < 4.78 is 0. The summed E-state index contributed by atoms with van der Waals surface area (Å²) in [7, 11) is 0. The summed E-state index contributed by atoms with van der Waals surface area (Å²) in [6.07, 6.45) is 1.76. The van der Waals surface area contributed by atoms with Crippen LogP contribution >= 0.6 is 11.3 Å². The number of nitrogens with one attached hydrogen (secondary N) is 1. The van der Waals surface area contributed by atoms with Gasteiger partial charge in [0.15, 0.2) is 0 Å². The van der Waals surface area contributed by atoms with E-state index >= 15 is 0 Å². The van der Waals surface area contributed by atoms with Crippen molar-refractivity contribution in [1.82, 2.24) is 10.3 Å². The van der Waals surface area contributed by atoms with E-state index in [-0.39, 0.29) is 23.3 Å². The second kappa shape index (κ2) is 6.99. The van der Waals surface area contributed by atoms with Gasteiger partial charge in [0.25, 0.3) is 5.91 Å². The normalized spacial score (nSPS) is 11.9. The highest BCUT2D eigenvalue weighted by Gasteiger charge is 2.17. The van der Waals surface area contributed by atoms with Gasteiger partial charge in [-0.15, -0.1) is 11.3 Å². The standard InChI is InChI=1S/C15H16N2O3S/c1-2-5-10(13-8-4-9-21-13)17-14(18)11-6-3-7-12(16-11)15(19)20/h3-4,6-10H,2,5H2,1H3,(H,17,18)(H,19,20). The molecule has 0 fully saturated rings. The number of hydrogen-bond donors (Lipinski definition) is 2. The van der Waals surface area contributed by atoms with Crippen molar-refractivity contribution in [2.45, 2.75) is 25.8 Å². The molecule has 0 spiro atoms. The fraction of sp³-hybridized carbons (Fsp3) is 0.267. The van der Waals surface area contributed by atoms with E-state index < -0.39 is 5.97 Å². The van der Waals surface area contributed by atoms with Crippen LogP contribution in [0.3, 0.4) is 0 Å². The summed E-state index contributed by atoms with van der Waals surface area (Å²) in [5, 5.41) is 13.8. The van der Waals surface area contributed by atoms with Crippen LogP contribution in [0.25, 0.3) is 0 Å². The third-order valence-electron chi connectivity index (χ3n) is 2.97. The van der Waals surface area contributed by atoms with E-state index in [9.17, 15) is 9.59 Å². The predicted octanol–water partition coefficient (Wildman–Crippen LogP) is 3.11. The van der Waals surface area contributed by atoms with Gasteiger partial charge in [0.1, 0.15) is 11.4 Å². The Balaban J connectivity index is 2.15. The van der Waals surface area contributed by atoms with Crippen molar-refractivity contribution < 1.29 is 14.7 Å². The molecular weight excluding hydrogens is 288 g/mol. The number of carboxylic acid groups (broad SMARTS) is 1. The molecule has 0 aromatic carbocycles. The number of hydrogen-bond acceptors (Lipinski definition) is 4. The van der Waals surface area contributed by atoms with E-state index in [1.54, 1.807) is 11.3 Å². The molecule has 0 bridgehead atoms. The number of thiophene rings is 1. The molecule has 0 aliphatic rings. The molecule has 0 saturated carbocycles. The lowest BCUT2D eigenvalue weighted by Gasteiger charge is -2.16. The van der Waals surface area contributed by atoms with Gasteiger partial charge < -0.3 is 10.4 Å². The van der Waals surface area contributed by atoms with E-state index in [1.165, 1.54) is 18.2 Å². The van der Waals surface area contributed by atoms with E-state index in [0.29, 0.717) is 0 Å². The third-order valence-corrected chi connectivity index (χ3v) is 3.96. The third kappa shape index (κ3) is 3.88. The maximum absolute atomic E-state index is 12.2. The molecule has 6 heteroatoms. The van der Waals surface area contributed by atoms with Crippen LogP contribution in [0.5, 0.6) is 0 Å². The predicted molar refractivity (Wildman–Crippen MR) is 80.6 cm³/mol. The van der Waals surface area contributed by atoms with Gasteiger partial charge in [0, 0.05) is 4.88 Å². The first-order valence-electron chi connectivity index (χ1n) is 6.66. The van der Waals surface area contributed by atoms with E-state index in [1.807, 2.05) is 17.5 Å². The summed E-state index contributed by atoms with van der Waals surface area (Å²) in [5.41, 5.74) is -0.0154. The Morgan fingerprint density at radius 3 is 2.67 bits per heavy atom. The zero-order chi connectivity index (χ0) is 15.2. The number of pyridine rings is 1. The number of amides is 1. The van der Waals surface area contributed by atoms with Crippen LogP contribution in [0, 0.1) is 0 Å². The second-order valence-corrected chi connectivity index (χ2v) is 5.52. The number of carbonyl (C=O) groups excluding carboxylic acids is 1. The summed E-state index contributed by atoms with van der Waals surface area (Å²) in [5.74, 6) is -1.50. The molecule has 0 saturated heterocycles. The molecule has 110 valence electrons. The maximum Gasteiger partial charge on any atom is 0.354 e. The van der Waals surface area contributed by atoms with Crippen LogP contribution in [-0.4, -0.2) is 22.0 Å². The minimum absolute atomic E-state index is 0.0715. The lowest BCUT2D eigenvalue weighted by molar-refractivity contribution is 0.0690. The summed E-state index contributed by atoms with van der Waals surface area (Å²) in [6, 6.07) is 8.24. The van der Waals surface area contributed by atoms with E-state index in [2.05, 4.69) is 17.2 Å². The zero-order valence-corrected chi connectivity index (χ0v) is 12.4. The van der Waals surface area contributed by atoms with Crippen molar-refractivity contribution in [1.29, 1.82) is 0 Å². The highest BCUT2D eigenvalue weighted by molar-refractivity contribution is 7.10. The molecule has 2 rings (SSSR count). The number of aromatic carboxylic acids is 1. The number of carboxylic acids is 1. The van der Waals surface area contributed by atoms with Crippen molar-refractivity contribution in [3.05, 3.63) is 52.0 Å². The van der Waals surface area contributed by atoms with Gasteiger partial charge >= 0.3 is 5.97 Å². The van der Waals surface area contributed by atoms with Gasteiger partial charge in [0.2, 0.25) is 0 Å². The minimum atomic E-state index is -1.15. The second-order valence-electron chi connectivity index (χ2n) is 4.54. The lowest BCUT2D eigenvalue weighted by atomic mass is 10.1. The maximum atomic E-state index is 12.2. The quantitative estimate of drug-likeness (QED) is 0.859. The molecule has 2 N–H and O–H groups in total. The van der Waals surface area contributed by atoms with Gasteiger partial charge in [0.05, 0.1) is 6.04 Å². The van der Waals surface area contributed by atoms with Crippen LogP contribution < -0.4 is 5.32 Å². The average Bonchev–Trinajstić information content (AvgIpc) is 3.01. The molecule has 2 aromatic heterocycles. The molecule has 21 heavy (non-hydrogen) atoms. The molecular formula is C15H16N2O3S. The molecule has 0 radical (unpaired) electrons. The topological polar surface area (TPSA) is 79.3 Å². The van der Waals surface area contributed by atoms with Crippen molar-refractivity contribution in [2.24, 2.45) is 0 Å².